The van der Waals surface area contributed by atoms with Gasteiger partial charge in [0.2, 0.25) is 0 Å². The summed E-state index contributed by atoms with van der Waals surface area (Å²) >= 11 is 0. The fourth-order valence-corrected chi connectivity index (χ4v) is 3.45. The third kappa shape index (κ3) is 7.73. The van der Waals surface area contributed by atoms with E-state index in [0.717, 1.165) is 25.7 Å². The highest BCUT2D eigenvalue weighted by Crippen LogP contribution is 2.54. The molecule has 0 amide bonds. The molecule has 0 bridgehead atoms. The largest absolute Gasteiger partial charge is 0.463 e. The topological polar surface area (TPSA) is 74.4 Å². The summed E-state index contributed by atoms with van der Waals surface area (Å²) in [6, 6.07) is 0. The Kier molecular flexibility index (Phi) is 9.25. The molecule has 0 aromatic heterocycles. The smallest absolute Gasteiger partial charge is 0.334 e. The highest BCUT2D eigenvalue weighted by Gasteiger charge is 2.35. The van der Waals surface area contributed by atoms with Crippen LogP contribution in [0.5, 0.6) is 0 Å². The normalized spacial score (nSPS) is 19.0. The molecule has 2 unspecified atom stereocenters. The van der Waals surface area contributed by atoms with Crippen molar-refractivity contribution in [1.29, 1.82) is 0 Å². The molecule has 7 heteroatoms. The number of ether oxygens (including phenoxy) is 2. The average molecular weight is 336 g/mol. The number of rotatable bonds is 13. The van der Waals surface area contributed by atoms with Crippen LogP contribution in [0.15, 0.2) is 0 Å². The molecule has 22 heavy (non-hydrogen) atoms. The summed E-state index contributed by atoms with van der Waals surface area (Å²) in [7, 11) is -3.29. The Morgan fingerprint density at radius 3 is 2.23 bits per heavy atom. The monoisotopic (exact) mass is 336 g/mol. The van der Waals surface area contributed by atoms with Gasteiger partial charge in [-0.15, -0.1) is 0 Å². The maximum absolute atomic E-state index is 12.9. The predicted octanol–water partition coefficient (Wildman–Crippen LogP) is 3.53. The lowest BCUT2D eigenvalue weighted by atomic mass is 10.3. The van der Waals surface area contributed by atoms with E-state index in [1.54, 1.807) is 6.92 Å². The van der Waals surface area contributed by atoms with Crippen molar-refractivity contribution in [3.05, 3.63) is 0 Å². The fourth-order valence-electron chi connectivity index (χ4n) is 1.73. The Labute approximate surface area is 133 Å². The van der Waals surface area contributed by atoms with Crippen molar-refractivity contribution in [2.75, 3.05) is 26.4 Å². The van der Waals surface area contributed by atoms with Crippen LogP contribution in [-0.4, -0.2) is 44.2 Å². The van der Waals surface area contributed by atoms with Gasteiger partial charge in [-0.1, -0.05) is 33.6 Å². The van der Waals surface area contributed by atoms with Crippen LogP contribution in [0.2, 0.25) is 0 Å². The van der Waals surface area contributed by atoms with Crippen LogP contribution in [0.1, 0.15) is 52.9 Å². The number of carbonyl (C=O) groups excluding carboxylic acids is 1. The summed E-state index contributed by atoms with van der Waals surface area (Å²) in [5.74, 6) is -0.388. The molecule has 130 valence electrons. The Morgan fingerprint density at radius 2 is 1.77 bits per heavy atom. The van der Waals surface area contributed by atoms with Gasteiger partial charge in [0.05, 0.1) is 31.9 Å². The van der Waals surface area contributed by atoms with Crippen LogP contribution in [0, 0.1) is 0 Å². The van der Waals surface area contributed by atoms with E-state index < -0.39 is 13.3 Å². The predicted molar refractivity (Wildman–Crippen MR) is 84.1 cm³/mol. The third-order valence-corrected chi connectivity index (χ3v) is 5.72. The van der Waals surface area contributed by atoms with Crippen molar-refractivity contribution in [2.24, 2.45) is 0 Å². The first-order valence-corrected chi connectivity index (χ1v) is 9.79. The SMILES string of the molecule is CCCCOP(=O)(OCCCC)C(C)CC(=O)OCC1CO1. The summed E-state index contributed by atoms with van der Waals surface area (Å²) in [4.78, 5) is 11.8. The molecule has 6 nitrogen and oxygen atoms in total. The highest BCUT2D eigenvalue weighted by atomic mass is 31.2. The van der Waals surface area contributed by atoms with E-state index in [4.69, 9.17) is 18.5 Å². The molecule has 0 spiro atoms. The van der Waals surface area contributed by atoms with E-state index >= 15 is 0 Å². The van der Waals surface area contributed by atoms with Crippen LogP contribution >= 0.6 is 7.60 Å². The van der Waals surface area contributed by atoms with Crippen molar-refractivity contribution in [1.82, 2.24) is 0 Å². The number of hydrogen-bond donors (Lipinski definition) is 0. The molecular formula is C15H29O6P. The number of carbonyl (C=O) groups is 1. The molecule has 0 N–H and O–H groups in total. The molecule has 1 fully saturated rings. The van der Waals surface area contributed by atoms with Crippen molar-refractivity contribution >= 4 is 13.6 Å². The summed E-state index contributed by atoms with van der Waals surface area (Å²) in [6.45, 7) is 7.46. The van der Waals surface area contributed by atoms with Crippen molar-refractivity contribution in [3.8, 4) is 0 Å². The molecule has 0 saturated carbocycles. The zero-order valence-corrected chi connectivity index (χ0v) is 14.8. The molecule has 0 aliphatic carbocycles. The zero-order chi connectivity index (χ0) is 16.4. The Hall–Kier alpha value is -0.420. The highest BCUT2D eigenvalue weighted by molar-refractivity contribution is 7.54. The summed E-state index contributed by atoms with van der Waals surface area (Å²) in [6.07, 6.45) is 3.60. The van der Waals surface area contributed by atoms with E-state index in [9.17, 15) is 9.36 Å². The second-order valence-electron chi connectivity index (χ2n) is 5.60. The van der Waals surface area contributed by atoms with Gasteiger partial charge in [-0.3, -0.25) is 9.36 Å². The van der Waals surface area contributed by atoms with Gasteiger partial charge in [0.15, 0.2) is 0 Å². The quantitative estimate of drug-likeness (QED) is 0.222. The molecular weight excluding hydrogens is 307 g/mol. The Balaban J connectivity index is 2.45. The summed E-state index contributed by atoms with van der Waals surface area (Å²) < 4.78 is 34.0. The first-order valence-electron chi connectivity index (χ1n) is 8.17. The second kappa shape index (κ2) is 10.4. The summed E-state index contributed by atoms with van der Waals surface area (Å²) in [5.41, 5.74) is -0.506. The number of epoxide rings is 1. The minimum Gasteiger partial charge on any atom is -0.463 e. The first kappa shape index (κ1) is 19.6. The second-order valence-corrected chi connectivity index (χ2v) is 8.08. The van der Waals surface area contributed by atoms with Crippen molar-refractivity contribution < 1.29 is 27.9 Å². The van der Waals surface area contributed by atoms with E-state index in [1.807, 2.05) is 13.8 Å². The van der Waals surface area contributed by atoms with Gasteiger partial charge in [0.25, 0.3) is 0 Å². The minimum atomic E-state index is -3.29. The molecule has 1 aliphatic rings. The lowest BCUT2D eigenvalue weighted by Crippen LogP contribution is -2.18. The average Bonchev–Trinajstić information content (AvgIpc) is 3.30. The standard InChI is InChI=1S/C15H29O6P/c1-4-6-8-20-22(17,21-9-7-5-2)13(3)10-15(16)19-12-14-11-18-14/h13-14H,4-12H2,1-3H3. The Bertz CT molecular complexity index is 355. The van der Waals surface area contributed by atoms with Gasteiger partial charge in [-0.05, 0) is 12.8 Å². The van der Waals surface area contributed by atoms with Gasteiger partial charge in [-0.25, -0.2) is 0 Å². The zero-order valence-electron chi connectivity index (χ0n) is 13.9. The number of unbranched alkanes of at least 4 members (excludes halogenated alkanes) is 2. The van der Waals surface area contributed by atoms with E-state index in [0.29, 0.717) is 19.8 Å². The lowest BCUT2D eigenvalue weighted by Gasteiger charge is -2.23. The Morgan fingerprint density at radius 1 is 1.23 bits per heavy atom. The fraction of sp³-hybridized carbons (Fsp3) is 0.933. The van der Waals surface area contributed by atoms with Crippen LogP contribution in [0.25, 0.3) is 0 Å². The number of hydrogen-bond acceptors (Lipinski definition) is 6. The molecule has 0 aromatic rings. The van der Waals surface area contributed by atoms with Gasteiger partial charge < -0.3 is 18.5 Å². The third-order valence-electron chi connectivity index (χ3n) is 3.37. The maximum Gasteiger partial charge on any atom is 0.334 e. The number of esters is 1. The van der Waals surface area contributed by atoms with Crippen molar-refractivity contribution in [2.45, 2.75) is 64.6 Å². The van der Waals surface area contributed by atoms with Gasteiger partial charge in [-0.2, -0.15) is 0 Å². The lowest BCUT2D eigenvalue weighted by molar-refractivity contribution is -0.144. The maximum atomic E-state index is 12.9. The van der Waals surface area contributed by atoms with Crippen LogP contribution in [0.4, 0.5) is 0 Å². The van der Waals surface area contributed by atoms with Gasteiger partial charge in [0, 0.05) is 0 Å². The summed E-state index contributed by atoms with van der Waals surface area (Å²) in [5, 5.41) is 0. The van der Waals surface area contributed by atoms with Crippen LogP contribution in [0.3, 0.4) is 0 Å². The molecule has 1 rings (SSSR count). The molecule has 1 heterocycles. The molecule has 0 radical (unpaired) electrons. The first-order chi connectivity index (χ1) is 10.5. The van der Waals surface area contributed by atoms with Gasteiger partial charge >= 0.3 is 13.6 Å². The van der Waals surface area contributed by atoms with Crippen LogP contribution in [-0.2, 0) is 27.9 Å². The molecule has 1 saturated heterocycles. The van der Waals surface area contributed by atoms with Crippen LogP contribution < -0.4 is 0 Å². The van der Waals surface area contributed by atoms with Gasteiger partial charge in [0.1, 0.15) is 12.7 Å². The van der Waals surface area contributed by atoms with E-state index in [2.05, 4.69) is 0 Å². The molecule has 1 aliphatic heterocycles. The minimum absolute atomic E-state index is 0.0300. The van der Waals surface area contributed by atoms with E-state index in [-0.39, 0.29) is 25.1 Å². The molecule has 2 atom stereocenters. The van der Waals surface area contributed by atoms with E-state index in [1.165, 1.54) is 0 Å². The van der Waals surface area contributed by atoms with Crippen molar-refractivity contribution in [3.63, 3.8) is 0 Å². The molecule has 0 aromatic carbocycles.